The molecule has 1 aromatic heterocycles. The molecule has 0 saturated carbocycles. The van der Waals surface area contributed by atoms with Crippen LogP contribution in [0.5, 0.6) is 0 Å². The Labute approximate surface area is 160 Å². The molecule has 0 amide bonds. The van der Waals surface area contributed by atoms with Gasteiger partial charge in [-0.05, 0) is 24.6 Å². The highest BCUT2D eigenvalue weighted by Crippen LogP contribution is 2.21. The van der Waals surface area contributed by atoms with Crippen molar-refractivity contribution in [2.75, 3.05) is 50.9 Å². The molecule has 1 aliphatic heterocycles. The summed E-state index contributed by atoms with van der Waals surface area (Å²) in [6.07, 6.45) is 0. The lowest BCUT2D eigenvalue weighted by molar-refractivity contribution is 0.0948. The van der Waals surface area contributed by atoms with Gasteiger partial charge in [-0.2, -0.15) is 20.2 Å². The van der Waals surface area contributed by atoms with Gasteiger partial charge >= 0.3 is 0 Å². The van der Waals surface area contributed by atoms with E-state index in [9.17, 15) is 0 Å². The van der Waals surface area contributed by atoms with Crippen molar-refractivity contribution in [3.05, 3.63) is 41.2 Å². The zero-order valence-electron chi connectivity index (χ0n) is 16.1. The lowest BCUT2D eigenvalue weighted by Crippen LogP contribution is -2.47. The minimum absolute atomic E-state index is 0.0889. The summed E-state index contributed by atoms with van der Waals surface area (Å²) in [6.45, 7) is 6.86. The number of nitriles is 1. The molecule has 2 N–H and O–H groups in total. The predicted molar refractivity (Wildman–Crippen MR) is 105 cm³/mol. The van der Waals surface area contributed by atoms with E-state index < -0.39 is 0 Å². The Morgan fingerprint density at radius 1 is 1.11 bits per heavy atom. The standard InChI is InChI=1S/C19H26N8/c1-14(17-22-18(21)24-19(23-17)25(2)3)27-10-8-26(9-11-27)13-16-6-4-15(12-20)5-7-16/h4-7,14H,8-11,13H2,1-3H3,(H2,21,22,23,24). The number of aromatic nitrogens is 3. The largest absolute Gasteiger partial charge is 0.368 e. The van der Waals surface area contributed by atoms with Crippen molar-refractivity contribution in [3.63, 3.8) is 0 Å². The van der Waals surface area contributed by atoms with E-state index in [0.29, 0.717) is 17.3 Å². The van der Waals surface area contributed by atoms with E-state index in [2.05, 4.69) is 37.7 Å². The monoisotopic (exact) mass is 366 g/mol. The fourth-order valence-corrected chi connectivity index (χ4v) is 3.20. The van der Waals surface area contributed by atoms with E-state index >= 15 is 0 Å². The summed E-state index contributed by atoms with van der Waals surface area (Å²) in [5.41, 5.74) is 7.79. The molecular weight excluding hydrogens is 340 g/mol. The topological polar surface area (TPSA) is 98.2 Å². The van der Waals surface area contributed by atoms with Gasteiger partial charge in [-0.1, -0.05) is 12.1 Å². The van der Waals surface area contributed by atoms with Crippen LogP contribution in [0, 0.1) is 11.3 Å². The molecule has 0 aliphatic carbocycles. The number of nitrogens with zero attached hydrogens (tertiary/aromatic N) is 7. The first kappa shape index (κ1) is 19.0. The van der Waals surface area contributed by atoms with Crippen molar-refractivity contribution in [2.45, 2.75) is 19.5 Å². The molecule has 8 nitrogen and oxygen atoms in total. The molecule has 142 valence electrons. The number of piperazine rings is 1. The first-order chi connectivity index (χ1) is 13.0. The maximum Gasteiger partial charge on any atom is 0.229 e. The molecule has 0 spiro atoms. The van der Waals surface area contributed by atoms with Gasteiger partial charge in [0.2, 0.25) is 11.9 Å². The number of hydrogen-bond acceptors (Lipinski definition) is 8. The van der Waals surface area contributed by atoms with Gasteiger partial charge in [0.15, 0.2) is 5.82 Å². The minimum Gasteiger partial charge on any atom is -0.368 e. The van der Waals surface area contributed by atoms with E-state index in [4.69, 9.17) is 11.0 Å². The maximum absolute atomic E-state index is 8.90. The van der Waals surface area contributed by atoms with Crippen molar-refractivity contribution in [2.24, 2.45) is 0 Å². The van der Waals surface area contributed by atoms with Crippen LogP contribution in [0.4, 0.5) is 11.9 Å². The summed E-state index contributed by atoms with van der Waals surface area (Å²) in [6, 6.07) is 10.1. The molecule has 1 fully saturated rings. The first-order valence-electron chi connectivity index (χ1n) is 9.10. The van der Waals surface area contributed by atoms with Crippen LogP contribution in [0.25, 0.3) is 0 Å². The van der Waals surface area contributed by atoms with Crippen LogP contribution < -0.4 is 10.6 Å². The molecule has 1 aliphatic rings. The molecule has 0 bridgehead atoms. The van der Waals surface area contributed by atoms with Crippen LogP contribution in [0.3, 0.4) is 0 Å². The number of hydrogen-bond donors (Lipinski definition) is 1. The Morgan fingerprint density at radius 3 is 2.37 bits per heavy atom. The van der Waals surface area contributed by atoms with Crippen LogP contribution in [0.2, 0.25) is 0 Å². The number of anilines is 2. The van der Waals surface area contributed by atoms with Crippen LogP contribution >= 0.6 is 0 Å². The zero-order valence-corrected chi connectivity index (χ0v) is 16.1. The number of rotatable bonds is 5. The molecule has 1 atom stereocenters. The van der Waals surface area contributed by atoms with Crippen LogP contribution in [-0.4, -0.2) is 65.0 Å². The molecule has 1 saturated heterocycles. The normalized spacial score (nSPS) is 16.7. The van der Waals surface area contributed by atoms with Crippen molar-refractivity contribution < 1.29 is 0 Å². The smallest absolute Gasteiger partial charge is 0.229 e. The van der Waals surface area contributed by atoms with E-state index in [0.717, 1.165) is 32.7 Å². The van der Waals surface area contributed by atoms with Gasteiger partial charge in [0.1, 0.15) is 0 Å². The second kappa shape index (κ2) is 8.29. The molecule has 2 aromatic rings. The average molecular weight is 366 g/mol. The van der Waals surface area contributed by atoms with Crippen LogP contribution in [0.15, 0.2) is 24.3 Å². The third-order valence-electron chi connectivity index (χ3n) is 4.88. The Balaban J connectivity index is 1.59. The quantitative estimate of drug-likeness (QED) is 0.845. The molecule has 3 rings (SSSR count). The van der Waals surface area contributed by atoms with Crippen molar-refractivity contribution in [3.8, 4) is 6.07 Å². The molecule has 27 heavy (non-hydrogen) atoms. The molecule has 0 radical (unpaired) electrons. The number of nitrogen functional groups attached to an aromatic ring is 1. The summed E-state index contributed by atoms with van der Waals surface area (Å²) in [5.74, 6) is 1.56. The molecule has 1 aromatic carbocycles. The fraction of sp³-hybridized carbons (Fsp3) is 0.474. The van der Waals surface area contributed by atoms with Gasteiger partial charge in [-0.15, -0.1) is 0 Å². The predicted octanol–water partition coefficient (Wildman–Crippen LogP) is 1.27. The molecule has 1 unspecified atom stereocenters. The van der Waals surface area contributed by atoms with E-state index in [-0.39, 0.29) is 12.0 Å². The summed E-state index contributed by atoms with van der Waals surface area (Å²) in [7, 11) is 3.79. The lowest BCUT2D eigenvalue weighted by Gasteiger charge is -2.37. The molecular formula is C19H26N8. The Hall–Kier alpha value is -2.76. The first-order valence-corrected chi connectivity index (χ1v) is 9.10. The summed E-state index contributed by atoms with van der Waals surface area (Å²) in [5, 5.41) is 8.90. The van der Waals surface area contributed by atoms with Crippen molar-refractivity contribution >= 4 is 11.9 Å². The Morgan fingerprint density at radius 2 is 1.78 bits per heavy atom. The van der Waals surface area contributed by atoms with Gasteiger partial charge in [0.25, 0.3) is 0 Å². The number of benzene rings is 1. The highest BCUT2D eigenvalue weighted by Gasteiger charge is 2.24. The third-order valence-corrected chi connectivity index (χ3v) is 4.88. The summed E-state index contributed by atoms with van der Waals surface area (Å²) in [4.78, 5) is 19.7. The number of nitrogens with two attached hydrogens (primary N) is 1. The van der Waals surface area contributed by atoms with Gasteiger partial charge in [0, 0.05) is 46.8 Å². The van der Waals surface area contributed by atoms with Gasteiger partial charge < -0.3 is 10.6 Å². The van der Waals surface area contributed by atoms with Gasteiger partial charge in [-0.25, -0.2) is 0 Å². The summed E-state index contributed by atoms with van der Waals surface area (Å²) >= 11 is 0. The van der Waals surface area contributed by atoms with Crippen molar-refractivity contribution in [1.82, 2.24) is 24.8 Å². The van der Waals surface area contributed by atoms with Crippen LogP contribution in [0.1, 0.15) is 29.9 Å². The van der Waals surface area contributed by atoms with E-state index in [1.807, 2.05) is 43.3 Å². The van der Waals surface area contributed by atoms with E-state index in [1.165, 1.54) is 5.56 Å². The zero-order chi connectivity index (χ0) is 19.4. The minimum atomic E-state index is 0.0889. The highest BCUT2D eigenvalue weighted by atomic mass is 15.3. The second-order valence-electron chi connectivity index (χ2n) is 7.04. The van der Waals surface area contributed by atoms with Gasteiger partial charge in [-0.3, -0.25) is 9.80 Å². The SMILES string of the molecule is CC(c1nc(N)nc(N(C)C)n1)N1CCN(Cc2ccc(C#N)cc2)CC1. The van der Waals surface area contributed by atoms with Crippen LogP contribution in [-0.2, 0) is 6.54 Å². The average Bonchev–Trinajstić information content (AvgIpc) is 2.68. The van der Waals surface area contributed by atoms with Crippen molar-refractivity contribution in [1.29, 1.82) is 5.26 Å². The maximum atomic E-state index is 8.90. The van der Waals surface area contributed by atoms with E-state index in [1.54, 1.807) is 0 Å². The highest BCUT2D eigenvalue weighted by molar-refractivity contribution is 5.33. The fourth-order valence-electron chi connectivity index (χ4n) is 3.20. The summed E-state index contributed by atoms with van der Waals surface area (Å²) < 4.78 is 0. The Kier molecular flexibility index (Phi) is 5.84. The Bertz CT molecular complexity index is 803. The van der Waals surface area contributed by atoms with Gasteiger partial charge in [0.05, 0.1) is 17.7 Å². The molecule has 8 heteroatoms. The third kappa shape index (κ3) is 4.70. The lowest BCUT2D eigenvalue weighted by atomic mass is 10.1. The molecule has 2 heterocycles. The second-order valence-corrected chi connectivity index (χ2v) is 7.04.